The van der Waals surface area contributed by atoms with Crippen molar-refractivity contribution in [3.8, 4) is 5.88 Å². The van der Waals surface area contributed by atoms with Crippen molar-refractivity contribution in [2.75, 3.05) is 32.8 Å². The van der Waals surface area contributed by atoms with Crippen LogP contribution in [-0.2, 0) is 17.6 Å². The van der Waals surface area contributed by atoms with Gasteiger partial charge in [-0.15, -0.1) is 0 Å². The Morgan fingerprint density at radius 1 is 1.23 bits per heavy atom. The maximum atomic E-state index is 12.5. The number of aromatic nitrogens is 2. The summed E-state index contributed by atoms with van der Waals surface area (Å²) in [5.41, 5.74) is 3.16. The zero-order valence-corrected chi connectivity index (χ0v) is 19.8. The van der Waals surface area contributed by atoms with Crippen molar-refractivity contribution in [3.05, 3.63) is 53.0 Å². The van der Waals surface area contributed by atoms with E-state index in [1.54, 1.807) is 18.3 Å². The first-order chi connectivity index (χ1) is 16.8. The van der Waals surface area contributed by atoms with Gasteiger partial charge in [-0.05, 0) is 50.3 Å². The SMILES string of the molecule is Cc1ncccc1C(=O)N[C@H]1CC[C@H](CCN2CCc3ccc(OCC(F)(F)F)nc3CC2)OC1. The lowest BCUT2D eigenvalue weighted by Gasteiger charge is -2.31. The first-order valence-electron chi connectivity index (χ1n) is 12.0. The van der Waals surface area contributed by atoms with E-state index >= 15 is 0 Å². The summed E-state index contributed by atoms with van der Waals surface area (Å²) in [6.45, 7) is 3.51. The summed E-state index contributed by atoms with van der Waals surface area (Å²) in [5.74, 6) is -0.0992. The predicted octanol–water partition coefficient (Wildman–Crippen LogP) is 3.49. The molecule has 0 aromatic carbocycles. The van der Waals surface area contributed by atoms with Crippen molar-refractivity contribution >= 4 is 5.91 Å². The molecule has 0 bridgehead atoms. The third kappa shape index (κ3) is 7.38. The van der Waals surface area contributed by atoms with E-state index in [-0.39, 0.29) is 23.9 Å². The maximum absolute atomic E-state index is 12.5. The molecule has 4 rings (SSSR count). The van der Waals surface area contributed by atoms with Gasteiger partial charge in [0.25, 0.3) is 5.91 Å². The number of fused-ring (bicyclic) bond motifs is 1. The van der Waals surface area contributed by atoms with Crippen LogP contribution in [0.1, 0.15) is 46.6 Å². The van der Waals surface area contributed by atoms with Crippen molar-refractivity contribution in [2.24, 2.45) is 0 Å². The van der Waals surface area contributed by atoms with Gasteiger partial charge in [-0.3, -0.25) is 9.78 Å². The number of amides is 1. The van der Waals surface area contributed by atoms with Crippen LogP contribution in [0.4, 0.5) is 13.2 Å². The summed E-state index contributed by atoms with van der Waals surface area (Å²) in [4.78, 5) is 23.3. The smallest absolute Gasteiger partial charge is 0.422 e. The number of ether oxygens (including phenoxy) is 2. The maximum Gasteiger partial charge on any atom is 0.422 e. The number of hydrogen-bond acceptors (Lipinski definition) is 6. The highest BCUT2D eigenvalue weighted by molar-refractivity contribution is 5.95. The van der Waals surface area contributed by atoms with Gasteiger partial charge in [0.05, 0.1) is 24.3 Å². The molecule has 0 radical (unpaired) electrons. The minimum Gasteiger partial charge on any atom is -0.468 e. The lowest BCUT2D eigenvalue weighted by molar-refractivity contribution is -0.154. The minimum absolute atomic E-state index is 0.00845. The van der Waals surface area contributed by atoms with Crippen LogP contribution < -0.4 is 10.1 Å². The van der Waals surface area contributed by atoms with Crippen LogP contribution in [0.25, 0.3) is 0 Å². The van der Waals surface area contributed by atoms with Crippen molar-refractivity contribution in [1.82, 2.24) is 20.2 Å². The molecule has 1 fully saturated rings. The van der Waals surface area contributed by atoms with Crippen LogP contribution in [0.2, 0.25) is 0 Å². The molecule has 0 aliphatic carbocycles. The number of nitrogens with one attached hydrogen (secondary N) is 1. The molecule has 10 heteroatoms. The lowest BCUT2D eigenvalue weighted by atomic mass is 10.0. The van der Waals surface area contributed by atoms with Gasteiger partial charge >= 0.3 is 6.18 Å². The van der Waals surface area contributed by atoms with Crippen molar-refractivity contribution in [1.29, 1.82) is 0 Å². The molecule has 2 aromatic rings. The summed E-state index contributed by atoms with van der Waals surface area (Å²) in [6.07, 6.45) is 1.56. The normalized spacial score (nSPS) is 21.1. The van der Waals surface area contributed by atoms with E-state index in [9.17, 15) is 18.0 Å². The summed E-state index contributed by atoms with van der Waals surface area (Å²) >= 11 is 0. The number of pyridine rings is 2. The number of aryl methyl sites for hydroxylation is 1. The van der Waals surface area contributed by atoms with E-state index in [4.69, 9.17) is 9.47 Å². The summed E-state index contributed by atoms with van der Waals surface area (Å²) in [5, 5.41) is 3.05. The number of halogens is 3. The van der Waals surface area contributed by atoms with Crippen LogP contribution in [0, 0.1) is 6.92 Å². The Kier molecular flexibility index (Phi) is 8.22. The van der Waals surface area contributed by atoms with E-state index in [2.05, 4.69) is 20.2 Å². The van der Waals surface area contributed by atoms with Gasteiger partial charge in [0.15, 0.2) is 6.61 Å². The molecule has 2 atom stereocenters. The monoisotopic (exact) mass is 492 g/mol. The Labute approximate surface area is 203 Å². The average Bonchev–Trinajstić information content (AvgIpc) is 3.04. The Morgan fingerprint density at radius 3 is 2.80 bits per heavy atom. The first-order valence-corrected chi connectivity index (χ1v) is 12.0. The summed E-state index contributed by atoms with van der Waals surface area (Å²) in [7, 11) is 0. The van der Waals surface area contributed by atoms with Crippen LogP contribution in [0.15, 0.2) is 30.5 Å². The summed E-state index contributed by atoms with van der Waals surface area (Å²) in [6, 6.07) is 6.86. The van der Waals surface area contributed by atoms with Gasteiger partial charge in [0, 0.05) is 49.7 Å². The van der Waals surface area contributed by atoms with E-state index in [0.717, 1.165) is 56.6 Å². The van der Waals surface area contributed by atoms with Crippen LogP contribution in [-0.4, -0.2) is 71.9 Å². The molecule has 0 saturated carbocycles. The second-order valence-electron chi connectivity index (χ2n) is 9.13. The Hall–Kier alpha value is -2.72. The minimum atomic E-state index is -4.38. The van der Waals surface area contributed by atoms with Gasteiger partial charge in [0.1, 0.15) is 0 Å². The fourth-order valence-corrected chi connectivity index (χ4v) is 4.53. The molecule has 1 saturated heterocycles. The first kappa shape index (κ1) is 25.4. The van der Waals surface area contributed by atoms with Gasteiger partial charge in [0.2, 0.25) is 5.88 Å². The average molecular weight is 493 g/mol. The molecule has 1 amide bonds. The van der Waals surface area contributed by atoms with Crippen molar-refractivity contribution < 1.29 is 27.4 Å². The van der Waals surface area contributed by atoms with Crippen LogP contribution in [0.3, 0.4) is 0 Å². The second-order valence-corrected chi connectivity index (χ2v) is 9.13. The summed E-state index contributed by atoms with van der Waals surface area (Å²) < 4.78 is 48.1. The highest BCUT2D eigenvalue weighted by atomic mass is 19.4. The molecule has 2 aliphatic heterocycles. The number of carbonyl (C=O) groups excluding carboxylic acids is 1. The molecule has 2 aliphatic rings. The van der Waals surface area contributed by atoms with E-state index in [1.807, 2.05) is 13.0 Å². The van der Waals surface area contributed by atoms with Crippen molar-refractivity contribution in [2.45, 2.75) is 57.3 Å². The third-order valence-electron chi connectivity index (χ3n) is 6.51. The highest BCUT2D eigenvalue weighted by Crippen LogP contribution is 2.22. The molecule has 0 spiro atoms. The van der Waals surface area contributed by atoms with Crippen LogP contribution >= 0.6 is 0 Å². The van der Waals surface area contributed by atoms with Gasteiger partial charge in [-0.25, -0.2) is 4.98 Å². The molecule has 190 valence electrons. The van der Waals surface area contributed by atoms with Crippen molar-refractivity contribution in [3.63, 3.8) is 0 Å². The molecule has 7 nitrogen and oxygen atoms in total. The number of rotatable bonds is 7. The van der Waals surface area contributed by atoms with Gasteiger partial charge in [-0.1, -0.05) is 6.07 Å². The zero-order valence-electron chi connectivity index (χ0n) is 19.8. The van der Waals surface area contributed by atoms with E-state index in [1.165, 1.54) is 6.07 Å². The Balaban J connectivity index is 1.19. The highest BCUT2D eigenvalue weighted by Gasteiger charge is 2.29. The standard InChI is InChI=1S/C25H31F3N4O3/c1-17-21(3-2-11-29-17)24(33)30-19-5-6-20(34-15-19)9-13-32-12-8-18-4-7-23(31-22(18)10-14-32)35-16-25(26,27)28/h2-4,7,11,19-20H,5-6,8-10,12-16H2,1H3,(H,30,33)/t19-,20+/m0/s1. The molecular formula is C25H31F3N4O3. The molecular weight excluding hydrogens is 461 g/mol. The van der Waals surface area contributed by atoms with Gasteiger partial charge < -0.3 is 19.7 Å². The Bertz CT molecular complexity index is 1010. The quantitative estimate of drug-likeness (QED) is 0.638. The number of nitrogens with zero attached hydrogens (tertiary/aromatic N) is 3. The lowest BCUT2D eigenvalue weighted by Crippen LogP contribution is -2.43. The topological polar surface area (TPSA) is 76.6 Å². The van der Waals surface area contributed by atoms with E-state index in [0.29, 0.717) is 24.3 Å². The van der Waals surface area contributed by atoms with Crippen LogP contribution in [0.5, 0.6) is 5.88 Å². The Morgan fingerprint density at radius 2 is 2.06 bits per heavy atom. The number of carbonyl (C=O) groups is 1. The van der Waals surface area contributed by atoms with Gasteiger partial charge in [-0.2, -0.15) is 13.2 Å². The molecule has 0 unspecified atom stereocenters. The number of hydrogen-bond donors (Lipinski definition) is 1. The predicted molar refractivity (Wildman–Crippen MR) is 123 cm³/mol. The number of alkyl halides is 3. The van der Waals surface area contributed by atoms with E-state index < -0.39 is 12.8 Å². The molecule has 35 heavy (non-hydrogen) atoms. The fourth-order valence-electron chi connectivity index (χ4n) is 4.53. The molecule has 2 aromatic heterocycles. The second kappa shape index (κ2) is 11.3. The largest absolute Gasteiger partial charge is 0.468 e. The fraction of sp³-hybridized carbons (Fsp3) is 0.560. The molecule has 4 heterocycles. The third-order valence-corrected chi connectivity index (χ3v) is 6.51. The molecule has 1 N–H and O–H groups in total. The zero-order chi connectivity index (χ0) is 24.8.